The van der Waals surface area contributed by atoms with Gasteiger partial charge in [-0.3, -0.25) is 9.59 Å². The number of nitrogens with one attached hydrogen (secondary N) is 1. The number of esters is 2. The topological polar surface area (TPSA) is 81.7 Å². The van der Waals surface area contributed by atoms with Crippen LogP contribution >= 0.6 is 11.6 Å². The fourth-order valence-corrected chi connectivity index (χ4v) is 4.34. The molecule has 0 amide bonds. The van der Waals surface area contributed by atoms with Crippen LogP contribution in [0.4, 0.5) is 0 Å². The fourth-order valence-electron chi connectivity index (χ4n) is 4.22. The number of benzene rings is 1. The normalized spacial score (nSPS) is 23.8. The number of carbonyl (C=O) groups is 3. The average Bonchev–Trinajstić information content (AvgIpc) is 2.66. The van der Waals surface area contributed by atoms with Crippen LogP contribution in [0.1, 0.15) is 45.6 Å². The second kappa shape index (κ2) is 8.64. The average molecular weight is 432 g/mol. The number of dihydropyridines is 1. The summed E-state index contributed by atoms with van der Waals surface area (Å²) in [7, 11) is 1.28. The lowest BCUT2D eigenvalue weighted by atomic mass is 9.69. The van der Waals surface area contributed by atoms with E-state index in [-0.39, 0.29) is 17.8 Å². The lowest BCUT2D eigenvalue weighted by Crippen LogP contribution is -2.43. The Morgan fingerprint density at radius 3 is 2.40 bits per heavy atom. The highest BCUT2D eigenvalue weighted by atomic mass is 35.5. The van der Waals surface area contributed by atoms with Gasteiger partial charge in [-0.2, -0.15) is 0 Å². The zero-order valence-electron chi connectivity index (χ0n) is 17.7. The number of carbonyl (C=O) groups excluding carboxylic acids is 3. The summed E-state index contributed by atoms with van der Waals surface area (Å²) in [5.41, 5.74) is 2.86. The van der Waals surface area contributed by atoms with Crippen LogP contribution < -0.4 is 5.32 Å². The molecule has 1 aliphatic carbocycles. The third-order valence-electron chi connectivity index (χ3n) is 5.51. The second-order valence-corrected chi connectivity index (χ2v) is 8.48. The first-order chi connectivity index (χ1) is 14.1. The molecule has 0 radical (unpaired) electrons. The van der Waals surface area contributed by atoms with Crippen molar-refractivity contribution in [3.63, 3.8) is 0 Å². The Bertz CT molecular complexity index is 945. The van der Waals surface area contributed by atoms with E-state index in [1.54, 1.807) is 45.0 Å². The Morgan fingerprint density at radius 1 is 1.20 bits per heavy atom. The summed E-state index contributed by atoms with van der Waals surface area (Å²) in [6.07, 6.45) is 0.179. The number of halogens is 1. The zero-order chi connectivity index (χ0) is 22.2. The summed E-state index contributed by atoms with van der Waals surface area (Å²) in [4.78, 5) is 38.9. The molecule has 7 heteroatoms. The van der Waals surface area contributed by atoms with Crippen molar-refractivity contribution in [3.05, 3.63) is 57.4 Å². The number of hydrogen-bond acceptors (Lipinski definition) is 6. The van der Waals surface area contributed by atoms with E-state index in [0.717, 1.165) is 11.3 Å². The molecule has 3 atom stereocenters. The third kappa shape index (κ3) is 4.01. The van der Waals surface area contributed by atoms with Crippen LogP contribution in [0.15, 0.2) is 46.8 Å². The highest BCUT2D eigenvalue weighted by Gasteiger charge is 2.47. The van der Waals surface area contributed by atoms with Crippen LogP contribution in [0.2, 0.25) is 5.02 Å². The summed E-state index contributed by atoms with van der Waals surface area (Å²) < 4.78 is 10.4. The predicted molar refractivity (Wildman–Crippen MR) is 113 cm³/mol. The van der Waals surface area contributed by atoms with Crippen molar-refractivity contribution in [1.82, 2.24) is 5.32 Å². The number of ether oxygens (including phenoxy) is 2. The maximum Gasteiger partial charge on any atom is 0.337 e. The highest BCUT2D eigenvalue weighted by Crippen LogP contribution is 2.45. The Balaban J connectivity index is 2.17. The lowest BCUT2D eigenvalue weighted by Gasteiger charge is -2.38. The van der Waals surface area contributed by atoms with Gasteiger partial charge in [-0.25, -0.2) is 4.79 Å². The van der Waals surface area contributed by atoms with Gasteiger partial charge in [0.05, 0.1) is 18.8 Å². The van der Waals surface area contributed by atoms with Gasteiger partial charge in [0.2, 0.25) is 0 Å². The number of hydrogen-bond donors (Lipinski definition) is 1. The fraction of sp³-hybridized carbons (Fsp3) is 0.435. The standard InChI is InChI=1S/C23H26ClNO5/c1-11(2)30-23(28)18-13(4)25-16-10-12(3)17(22(27)29-5)21(26)20(16)19(18)14-6-8-15(24)9-7-14/h6-9,11-12,17,19,25H,10H2,1-5H3/t12-,17-,19+/m1/s1. The minimum atomic E-state index is -0.911. The highest BCUT2D eigenvalue weighted by molar-refractivity contribution is 6.30. The second-order valence-electron chi connectivity index (χ2n) is 8.04. The first-order valence-corrected chi connectivity index (χ1v) is 10.3. The molecule has 0 bridgehead atoms. The maximum atomic E-state index is 13.5. The molecule has 3 rings (SSSR count). The van der Waals surface area contributed by atoms with Crippen molar-refractivity contribution < 1.29 is 23.9 Å². The number of methoxy groups -OCH3 is 1. The maximum absolute atomic E-state index is 13.5. The molecule has 1 aromatic carbocycles. The summed E-state index contributed by atoms with van der Waals surface area (Å²) in [5, 5.41) is 3.78. The van der Waals surface area contributed by atoms with Gasteiger partial charge in [0.25, 0.3) is 0 Å². The molecule has 2 aliphatic rings. The summed E-state index contributed by atoms with van der Waals surface area (Å²) in [5.74, 6) is -3.18. The van der Waals surface area contributed by atoms with Crippen LogP contribution in [0, 0.1) is 11.8 Å². The molecule has 0 spiro atoms. The van der Waals surface area contributed by atoms with E-state index < -0.39 is 23.8 Å². The van der Waals surface area contributed by atoms with Crippen LogP contribution in [0.25, 0.3) is 0 Å². The van der Waals surface area contributed by atoms with Gasteiger partial charge < -0.3 is 14.8 Å². The van der Waals surface area contributed by atoms with E-state index >= 15 is 0 Å². The van der Waals surface area contributed by atoms with Crippen LogP contribution in [-0.4, -0.2) is 30.9 Å². The van der Waals surface area contributed by atoms with Gasteiger partial charge in [-0.15, -0.1) is 0 Å². The Morgan fingerprint density at radius 2 is 1.83 bits per heavy atom. The smallest absolute Gasteiger partial charge is 0.337 e. The molecule has 0 saturated carbocycles. The Hall–Kier alpha value is -2.60. The Kier molecular flexibility index (Phi) is 6.36. The zero-order valence-corrected chi connectivity index (χ0v) is 18.5. The molecule has 0 aromatic heterocycles. The molecular weight excluding hydrogens is 406 g/mol. The van der Waals surface area contributed by atoms with Crippen molar-refractivity contribution in [2.45, 2.75) is 46.1 Å². The SMILES string of the molecule is COC(=O)[C@H]1C(=O)C2=C(C[C@H]1C)NC(C)=C(C(=O)OC(C)C)[C@@H]2c1ccc(Cl)cc1. The molecule has 1 aliphatic heterocycles. The molecular formula is C23H26ClNO5. The van der Waals surface area contributed by atoms with Gasteiger partial charge in [0.15, 0.2) is 5.78 Å². The third-order valence-corrected chi connectivity index (χ3v) is 5.76. The molecule has 30 heavy (non-hydrogen) atoms. The Labute approximate surface area is 181 Å². The van der Waals surface area contributed by atoms with Gasteiger partial charge in [0, 0.05) is 27.9 Å². The van der Waals surface area contributed by atoms with Crippen molar-refractivity contribution in [2.24, 2.45) is 11.8 Å². The van der Waals surface area contributed by atoms with Crippen LogP contribution in [0.5, 0.6) is 0 Å². The summed E-state index contributed by atoms with van der Waals surface area (Å²) in [6.45, 7) is 7.19. The van der Waals surface area contributed by atoms with Crippen molar-refractivity contribution in [2.75, 3.05) is 7.11 Å². The number of ketones is 1. The summed E-state index contributed by atoms with van der Waals surface area (Å²) in [6, 6.07) is 7.01. The molecule has 6 nitrogen and oxygen atoms in total. The minimum absolute atomic E-state index is 0.223. The van der Waals surface area contributed by atoms with E-state index in [9.17, 15) is 14.4 Å². The molecule has 0 fully saturated rings. The van der Waals surface area contributed by atoms with E-state index in [4.69, 9.17) is 21.1 Å². The van der Waals surface area contributed by atoms with Crippen LogP contribution in [-0.2, 0) is 23.9 Å². The van der Waals surface area contributed by atoms with E-state index in [1.807, 2.05) is 6.92 Å². The first-order valence-electron chi connectivity index (χ1n) is 9.95. The van der Waals surface area contributed by atoms with E-state index in [2.05, 4.69) is 5.32 Å². The van der Waals surface area contributed by atoms with Crippen LogP contribution in [0.3, 0.4) is 0 Å². The monoisotopic (exact) mass is 431 g/mol. The van der Waals surface area contributed by atoms with Gasteiger partial charge in [0.1, 0.15) is 5.92 Å². The molecule has 0 unspecified atom stereocenters. The molecule has 1 aromatic rings. The molecule has 1 N–H and O–H groups in total. The molecule has 160 valence electrons. The van der Waals surface area contributed by atoms with Crippen molar-refractivity contribution in [1.29, 1.82) is 0 Å². The number of allylic oxidation sites excluding steroid dienone is 3. The minimum Gasteiger partial charge on any atom is -0.468 e. The van der Waals surface area contributed by atoms with Gasteiger partial charge in [-0.1, -0.05) is 30.7 Å². The van der Waals surface area contributed by atoms with Gasteiger partial charge >= 0.3 is 11.9 Å². The van der Waals surface area contributed by atoms with Crippen molar-refractivity contribution in [3.8, 4) is 0 Å². The quantitative estimate of drug-likeness (QED) is 0.575. The van der Waals surface area contributed by atoms with Gasteiger partial charge in [-0.05, 0) is 50.8 Å². The van der Waals surface area contributed by atoms with E-state index in [1.165, 1.54) is 7.11 Å². The van der Waals surface area contributed by atoms with Crippen molar-refractivity contribution >= 4 is 29.3 Å². The largest absolute Gasteiger partial charge is 0.468 e. The number of rotatable bonds is 4. The van der Waals surface area contributed by atoms with E-state index in [0.29, 0.717) is 28.3 Å². The first kappa shape index (κ1) is 22.1. The number of Topliss-reactive ketones (excluding diaryl/α,β-unsaturated/α-hetero) is 1. The summed E-state index contributed by atoms with van der Waals surface area (Å²) >= 11 is 6.06. The lowest BCUT2D eigenvalue weighted by molar-refractivity contribution is -0.151. The predicted octanol–water partition coefficient (Wildman–Crippen LogP) is 3.90. The molecule has 1 heterocycles. The molecule has 0 saturated heterocycles.